The minimum atomic E-state index is -4.10. The van der Waals surface area contributed by atoms with E-state index in [1.54, 1.807) is 34.9 Å². The van der Waals surface area contributed by atoms with E-state index in [1.807, 2.05) is 25.1 Å². The zero-order valence-electron chi connectivity index (χ0n) is 19.6. The van der Waals surface area contributed by atoms with E-state index in [-0.39, 0.29) is 27.0 Å². The summed E-state index contributed by atoms with van der Waals surface area (Å²) in [5.74, 6) is 0.422. The van der Waals surface area contributed by atoms with E-state index in [4.69, 9.17) is 15.5 Å². The van der Waals surface area contributed by atoms with Gasteiger partial charge in [-0.3, -0.25) is 9.36 Å². The first-order valence-electron chi connectivity index (χ1n) is 11.2. The standard InChI is InChI=1S/C26H23N5O4S/c1-3-35-19-12-10-18(11-13-19)31-25(27)24(23-26(31)30-22-7-5-4-6-21(22)29-23)36(33,34)20-14-8-17(9-15-20)28-16(2)32/h4-15H,3,27H2,1-2H3,(H,28,32). The zero-order valence-corrected chi connectivity index (χ0v) is 20.4. The van der Waals surface area contributed by atoms with Crippen LogP contribution in [0, 0.1) is 0 Å². The molecule has 182 valence electrons. The summed E-state index contributed by atoms with van der Waals surface area (Å²) in [7, 11) is -4.10. The van der Waals surface area contributed by atoms with Crippen LogP contribution in [0.25, 0.3) is 27.9 Å². The molecular weight excluding hydrogens is 478 g/mol. The Balaban J connectivity index is 1.75. The van der Waals surface area contributed by atoms with Crippen molar-refractivity contribution >= 4 is 49.4 Å². The topological polar surface area (TPSA) is 129 Å². The summed E-state index contributed by atoms with van der Waals surface area (Å²) in [6, 6.07) is 20.3. The number of hydrogen-bond acceptors (Lipinski definition) is 7. The van der Waals surface area contributed by atoms with E-state index >= 15 is 0 Å². The van der Waals surface area contributed by atoms with Crippen molar-refractivity contribution < 1.29 is 17.9 Å². The Morgan fingerprint density at radius 2 is 1.61 bits per heavy atom. The number of sulfone groups is 1. The maximum Gasteiger partial charge on any atom is 0.221 e. The normalized spacial score (nSPS) is 11.6. The van der Waals surface area contributed by atoms with Gasteiger partial charge >= 0.3 is 0 Å². The zero-order chi connectivity index (χ0) is 25.4. The van der Waals surface area contributed by atoms with Crippen molar-refractivity contribution in [1.82, 2.24) is 14.5 Å². The van der Waals surface area contributed by atoms with Crippen molar-refractivity contribution in [2.75, 3.05) is 17.7 Å². The van der Waals surface area contributed by atoms with E-state index in [9.17, 15) is 13.2 Å². The van der Waals surface area contributed by atoms with Gasteiger partial charge in [-0.25, -0.2) is 18.4 Å². The van der Waals surface area contributed by atoms with Crippen molar-refractivity contribution in [1.29, 1.82) is 0 Å². The average Bonchev–Trinajstić information content (AvgIpc) is 3.14. The van der Waals surface area contributed by atoms with E-state index in [2.05, 4.69) is 10.3 Å². The Morgan fingerprint density at radius 1 is 0.972 bits per heavy atom. The number of carbonyl (C=O) groups is 1. The smallest absolute Gasteiger partial charge is 0.221 e. The molecule has 0 aliphatic rings. The van der Waals surface area contributed by atoms with Gasteiger partial charge in [0.1, 0.15) is 22.0 Å². The third-order valence-electron chi connectivity index (χ3n) is 5.61. The number of nitrogens with one attached hydrogen (secondary N) is 1. The van der Waals surface area contributed by atoms with Gasteiger partial charge in [0.15, 0.2) is 5.65 Å². The highest BCUT2D eigenvalue weighted by atomic mass is 32.2. The molecule has 0 fully saturated rings. The molecule has 36 heavy (non-hydrogen) atoms. The van der Waals surface area contributed by atoms with Crippen LogP contribution in [-0.2, 0) is 14.6 Å². The lowest BCUT2D eigenvalue weighted by Gasteiger charge is -2.10. The van der Waals surface area contributed by atoms with Crippen molar-refractivity contribution in [3.05, 3.63) is 72.8 Å². The van der Waals surface area contributed by atoms with Crippen molar-refractivity contribution in [3.8, 4) is 11.4 Å². The van der Waals surface area contributed by atoms with Gasteiger partial charge in [0.05, 0.1) is 22.5 Å². The third-order valence-corrected chi connectivity index (χ3v) is 7.44. The lowest BCUT2D eigenvalue weighted by atomic mass is 10.3. The summed E-state index contributed by atoms with van der Waals surface area (Å²) in [5, 5.41) is 2.63. The number of ether oxygens (including phenoxy) is 1. The maximum atomic E-state index is 13.9. The summed E-state index contributed by atoms with van der Waals surface area (Å²) in [6.07, 6.45) is 0. The number of benzene rings is 3. The molecule has 5 rings (SSSR count). The number of hydrogen-bond donors (Lipinski definition) is 2. The van der Waals surface area contributed by atoms with Gasteiger partial charge in [-0.15, -0.1) is 0 Å². The maximum absolute atomic E-state index is 13.9. The van der Waals surface area contributed by atoms with Crippen molar-refractivity contribution in [2.45, 2.75) is 23.6 Å². The summed E-state index contributed by atoms with van der Waals surface area (Å²) in [6.45, 7) is 3.80. The molecule has 0 atom stereocenters. The quantitative estimate of drug-likeness (QED) is 0.354. The lowest BCUT2D eigenvalue weighted by molar-refractivity contribution is -0.114. The summed E-state index contributed by atoms with van der Waals surface area (Å²) < 4.78 is 34.8. The second-order valence-electron chi connectivity index (χ2n) is 8.07. The fourth-order valence-electron chi connectivity index (χ4n) is 4.06. The second kappa shape index (κ2) is 8.97. The van der Waals surface area contributed by atoms with Gasteiger partial charge in [0.2, 0.25) is 15.7 Å². The van der Waals surface area contributed by atoms with Crippen LogP contribution in [0.3, 0.4) is 0 Å². The Kier molecular flexibility index (Phi) is 5.81. The molecule has 0 bridgehead atoms. The molecule has 0 radical (unpaired) electrons. The highest BCUT2D eigenvalue weighted by Crippen LogP contribution is 2.37. The molecule has 1 amide bonds. The molecular formula is C26H23N5O4S. The Labute approximate surface area is 207 Å². The van der Waals surface area contributed by atoms with E-state index in [0.29, 0.717) is 40.4 Å². The molecule has 0 saturated carbocycles. The minimum absolute atomic E-state index is 0.00426. The Hall–Kier alpha value is -4.44. The van der Waals surface area contributed by atoms with Crippen LogP contribution in [0.15, 0.2) is 82.6 Å². The minimum Gasteiger partial charge on any atom is -0.494 e. The first-order valence-corrected chi connectivity index (χ1v) is 12.7. The first kappa shape index (κ1) is 23.3. The van der Waals surface area contributed by atoms with Crippen LogP contribution >= 0.6 is 0 Å². The predicted octanol–water partition coefficient (Wildman–Crippen LogP) is 4.35. The van der Waals surface area contributed by atoms with Gasteiger partial charge in [0.25, 0.3) is 0 Å². The molecule has 9 nitrogen and oxygen atoms in total. The molecule has 3 aromatic carbocycles. The predicted molar refractivity (Wildman–Crippen MR) is 138 cm³/mol. The number of nitrogens with zero attached hydrogens (tertiary/aromatic N) is 3. The summed E-state index contributed by atoms with van der Waals surface area (Å²) in [5.41, 5.74) is 9.30. The summed E-state index contributed by atoms with van der Waals surface area (Å²) >= 11 is 0. The number of nitrogen functional groups attached to an aromatic ring is 1. The van der Waals surface area contributed by atoms with Crippen LogP contribution in [0.5, 0.6) is 5.75 Å². The molecule has 0 spiro atoms. The Bertz CT molecular complexity index is 1710. The second-order valence-corrected chi connectivity index (χ2v) is 9.96. The molecule has 10 heteroatoms. The number of fused-ring (bicyclic) bond motifs is 2. The van der Waals surface area contributed by atoms with Crippen LogP contribution in [0.2, 0.25) is 0 Å². The molecule has 0 saturated heterocycles. The number of carbonyl (C=O) groups excluding carboxylic acids is 1. The van der Waals surface area contributed by atoms with Crippen molar-refractivity contribution in [2.24, 2.45) is 0 Å². The van der Waals surface area contributed by atoms with Gasteiger partial charge in [-0.1, -0.05) is 12.1 Å². The Morgan fingerprint density at radius 3 is 2.22 bits per heavy atom. The summed E-state index contributed by atoms with van der Waals surface area (Å²) in [4.78, 5) is 20.6. The number of rotatable bonds is 6. The lowest BCUT2D eigenvalue weighted by Crippen LogP contribution is -2.08. The fraction of sp³-hybridized carbons (Fsp3) is 0.115. The number of aromatic nitrogens is 3. The molecule has 0 aliphatic carbocycles. The van der Waals surface area contributed by atoms with Gasteiger partial charge in [-0.05, 0) is 67.6 Å². The van der Waals surface area contributed by atoms with E-state index < -0.39 is 9.84 Å². The van der Waals surface area contributed by atoms with Crippen LogP contribution in [0.4, 0.5) is 11.5 Å². The van der Waals surface area contributed by atoms with Crippen molar-refractivity contribution in [3.63, 3.8) is 0 Å². The molecule has 3 N–H and O–H groups in total. The molecule has 0 unspecified atom stereocenters. The SMILES string of the molecule is CCOc1ccc(-n2c(N)c(S(=O)(=O)c3ccc(NC(C)=O)cc3)c3nc4ccccc4nc32)cc1. The van der Waals surface area contributed by atoms with Crippen LogP contribution in [-0.4, -0.2) is 35.5 Å². The number of para-hydroxylation sites is 2. The van der Waals surface area contributed by atoms with Gasteiger partial charge < -0.3 is 15.8 Å². The van der Waals surface area contributed by atoms with Gasteiger partial charge in [0, 0.05) is 18.3 Å². The first-order chi connectivity index (χ1) is 17.3. The average molecular weight is 502 g/mol. The monoisotopic (exact) mass is 501 g/mol. The van der Waals surface area contributed by atoms with E-state index in [1.165, 1.54) is 31.2 Å². The van der Waals surface area contributed by atoms with E-state index in [0.717, 1.165) is 0 Å². The molecule has 5 aromatic rings. The molecule has 0 aliphatic heterocycles. The van der Waals surface area contributed by atoms with Crippen LogP contribution < -0.4 is 15.8 Å². The van der Waals surface area contributed by atoms with Gasteiger partial charge in [-0.2, -0.15) is 0 Å². The molecule has 2 heterocycles. The number of amides is 1. The van der Waals surface area contributed by atoms with Crippen LogP contribution in [0.1, 0.15) is 13.8 Å². The third kappa shape index (κ3) is 4.01. The highest BCUT2D eigenvalue weighted by molar-refractivity contribution is 7.92. The number of nitrogens with two attached hydrogens (primary N) is 1. The fourth-order valence-corrected chi connectivity index (χ4v) is 5.55. The number of anilines is 2. The highest BCUT2D eigenvalue weighted by Gasteiger charge is 2.30. The molecule has 2 aromatic heterocycles. The largest absolute Gasteiger partial charge is 0.494 e.